The van der Waals surface area contributed by atoms with Gasteiger partial charge >= 0.3 is 0 Å². The van der Waals surface area contributed by atoms with Crippen molar-refractivity contribution in [1.82, 2.24) is 0 Å². The van der Waals surface area contributed by atoms with Crippen molar-refractivity contribution >= 4 is 28.3 Å². The van der Waals surface area contributed by atoms with Gasteiger partial charge in [-0.1, -0.05) is 12.1 Å². The van der Waals surface area contributed by atoms with Crippen LogP contribution in [-0.4, -0.2) is 25.9 Å². The van der Waals surface area contributed by atoms with Gasteiger partial charge < -0.3 is 19.2 Å². The highest BCUT2D eigenvalue weighted by Gasteiger charge is 2.25. The largest absolute Gasteiger partial charge is 0.497 e. The third-order valence-electron chi connectivity index (χ3n) is 3.76. The molecule has 0 aliphatic heterocycles. The highest BCUT2D eigenvalue weighted by atomic mass is 16.5. The van der Waals surface area contributed by atoms with Crippen LogP contribution in [0.25, 0.3) is 11.0 Å². The molecule has 2 aromatic carbocycles. The molecule has 0 saturated heterocycles. The number of carbonyl (C=O) groups is 2. The van der Waals surface area contributed by atoms with Crippen LogP contribution in [0.2, 0.25) is 0 Å². The Morgan fingerprint density at radius 2 is 1.80 bits per heavy atom. The van der Waals surface area contributed by atoms with Crippen molar-refractivity contribution in [1.29, 1.82) is 0 Å². The number of fused-ring (bicyclic) bond motifs is 1. The first-order valence-corrected chi connectivity index (χ1v) is 7.61. The van der Waals surface area contributed by atoms with Gasteiger partial charge in [0.1, 0.15) is 17.1 Å². The summed E-state index contributed by atoms with van der Waals surface area (Å²) in [5.41, 5.74) is 1.18. The molecule has 0 aliphatic carbocycles. The lowest BCUT2D eigenvalue weighted by molar-refractivity contribution is -0.114. The topological polar surface area (TPSA) is 77.8 Å². The van der Waals surface area contributed by atoms with E-state index in [0.29, 0.717) is 33.7 Å². The average molecular weight is 339 g/mol. The molecule has 25 heavy (non-hydrogen) atoms. The van der Waals surface area contributed by atoms with Gasteiger partial charge in [0.05, 0.1) is 25.5 Å². The molecule has 0 fully saturated rings. The van der Waals surface area contributed by atoms with Crippen LogP contribution in [0.5, 0.6) is 11.5 Å². The first-order valence-electron chi connectivity index (χ1n) is 7.61. The Kier molecular flexibility index (Phi) is 4.43. The zero-order chi connectivity index (χ0) is 18.0. The van der Waals surface area contributed by atoms with Gasteiger partial charge in [-0.25, -0.2) is 0 Å². The number of anilines is 1. The summed E-state index contributed by atoms with van der Waals surface area (Å²) in [7, 11) is 3.00. The fourth-order valence-corrected chi connectivity index (χ4v) is 2.61. The summed E-state index contributed by atoms with van der Waals surface area (Å²) in [6.07, 6.45) is 0. The van der Waals surface area contributed by atoms with E-state index in [0.717, 1.165) is 0 Å². The van der Waals surface area contributed by atoms with Crippen molar-refractivity contribution in [2.45, 2.75) is 6.92 Å². The van der Waals surface area contributed by atoms with Gasteiger partial charge in [-0.3, -0.25) is 9.59 Å². The lowest BCUT2D eigenvalue weighted by Crippen LogP contribution is -2.11. The number of benzene rings is 2. The summed E-state index contributed by atoms with van der Waals surface area (Å²) in [6, 6.07) is 12.0. The normalized spacial score (nSPS) is 10.5. The predicted molar refractivity (Wildman–Crippen MR) is 93.5 cm³/mol. The summed E-state index contributed by atoms with van der Waals surface area (Å²) >= 11 is 0. The molecule has 0 atom stereocenters. The van der Waals surface area contributed by atoms with Gasteiger partial charge in [0.15, 0.2) is 5.76 Å². The fourth-order valence-electron chi connectivity index (χ4n) is 2.61. The van der Waals surface area contributed by atoms with Crippen molar-refractivity contribution < 1.29 is 23.5 Å². The molecule has 1 N–H and O–H groups in total. The molecule has 1 heterocycles. The van der Waals surface area contributed by atoms with Gasteiger partial charge in [0, 0.05) is 18.4 Å². The maximum atomic E-state index is 13.0. The highest BCUT2D eigenvalue weighted by molar-refractivity contribution is 6.18. The molecule has 0 radical (unpaired) electrons. The highest BCUT2D eigenvalue weighted by Crippen LogP contribution is 2.35. The van der Waals surface area contributed by atoms with Crippen molar-refractivity contribution in [3.63, 3.8) is 0 Å². The molecule has 0 aliphatic rings. The van der Waals surface area contributed by atoms with Gasteiger partial charge in [0.2, 0.25) is 11.7 Å². The third-order valence-corrected chi connectivity index (χ3v) is 3.76. The maximum Gasteiger partial charge on any atom is 0.234 e. The predicted octanol–water partition coefficient (Wildman–Crippen LogP) is 3.64. The Hall–Kier alpha value is -3.28. The van der Waals surface area contributed by atoms with Gasteiger partial charge in [0.25, 0.3) is 0 Å². The second-order valence-corrected chi connectivity index (χ2v) is 5.38. The minimum absolute atomic E-state index is 0.0554. The molecule has 3 rings (SSSR count). The molecule has 0 spiro atoms. The summed E-state index contributed by atoms with van der Waals surface area (Å²) in [4.78, 5) is 24.6. The zero-order valence-corrected chi connectivity index (χ0v) is 14.1. The number of hydrogen-bond donors (Lipinski definition) is 1. The molecular weight excluding hydrogens is 322 g/mol. The summed E-state index contributed by atoms with van der Waals surface area (Å²) in [5, 5.41) is 3.35. The lowest BCUT2D eigenvalue weighted by atomic mass is 10.1. The maximum absolute atomic E-state index is 13.0. The van der Waals surface area contributed by atoms with Crippen LogP contribution < -0.4 is 14.8 Å². The molecule has 0 unspecified atom stereocenters. The molecule has 128 valence electrons. The first-order chi connectivity index (χ1) is 12.0. The smallest absolute Gasteiger partial charge is 0.234 e. The Morgan fingerprint density at radius 3 is 2.48 bits per heavy atom. The van der Waals surface area contributed by atoms with Crippen LogP contribution in [0.4, 0.5) is 5.69 Å². The number of furan rings is 1. The van der Waals surface area contributed by atoms with E-state index in [9.17, 15) is 9.59 Å². The molecule has 6 nitrogen and oxygen atoms in total. The van der Waals surface area contributed by atoms with E-state index in [1.807, 2.05) is 6.07 Å². The number of ketones is 1. The van der Waals surface area contributed by atoms with E-state index < -0.39 is 0 Å². The van der Waals surface area contributed by atoms with Gasteiger partial charge in [-0.2, -0.15) is 0 Å². The number of carbonyl (C=O) groups excluding carboxylic acids is 2. The standard InChI is InChI=1S/C19H17NO5/c1-11(21)20-17-13-6-4-5-7-15(13)25-19(17)18(22)14-9-8-12(23-2)10-16(14)24-3/h4-10H,1-3H3,(H,20,21). The monoisotopic (exact) mass is 339 g/mol. The van der Waals surface area contributed by atoms with Crippen LogP contribution in [0.1, 0.15) is 23.0 Å². The number of methoxy groups -OCH3 is 2. The quantitative estimate of drug-likeness (QED) is 0.718. The van der Waals surface area contributed by atoms with E-state index in [4.69, 9.17) is 13.9 Å². The van der Waals surface area contributed by atoms with Gasteiger partial charge in [-0.05, 0) is 24.3 Å². The summed E-state index contributed by atoms with van der Waals surface area (Å²) < 4.78 is 16.2. The summed E-state index contributed by atoms with van der Waals surface area (Å²) in [5.74, 6) is 0.306. The zero-order valence-electron chi connectivity index (χ0n) is 14.1. The molecule has 6 heteroatoms. The van der Waals surface area contributed by atoms with E-state index in [2.05, 4.69) is 5.32 Å². The van der Waals surface area contributed by atoms with Crippen molar-refractivity contribution in [2.24, 2.45) is 0 Å². The number of rotatable bonds is 5. The summed E-state index contributed by atoms with van der Waals surface area (Å²) in [6.45, 7) is 1.38. The van der Waals surface area contributed by atoms with Crippen molar-refractivity contribution in [3.05, 3.63) is 53.8 Å². The van der Waals surface area contributed by atoms with E-state index in [1.165, 1.54) is 21.1 Å². The third kappa shape index (κ3) is 3.06. The molecule has 0 bridgehead atoms. The SMILES string of the molecule is COc1ccc(C(=O)c2oc3ccccc3c2NC(C)=O)c(OC)c1. The number of amides is 1. The average Bonchev–Trinajstić information content (AvgIpc) is 2.98. The van der Waals surface area contributed by atoms with Crippen LogP contribution in [0.3, 0.4) is 0 Å². The molecule has 3 aromatic rings. The number of ether oxygens (including phenoxy) is 2. The Morgan fingerprint density at radius 1 is 1.04 bits per heavy atom. The minimum Gasteiger partial charge on any atom is -0.497 e. The molecule has 1 aromatic heterocycles. The van der Waals surface area contributed by atoms with Crippen molar-refractivity contribution in [3.8, 4) is 11.5 Å². The first kappa shape index (κ1) is 16.6. The lowest BCUT2D eigenvalue weighted by Gasteiger charge is -2.09. The number of nitrogens with one attached hydrogen (secondary N) is 1. The fraction of sp³-hybridized carbons (Fsp3) is 0.158. The number of para-hydroxylation sites is 1. The number of hydrogen-bond acceptors (Lipinski definition) is 5. The Labute approximate surface area is 144 Å². The molecule has 0 saturated carbocycles. The minimum atomic E-state index is -0.389. The van der Waals surface area contributed by atoms with Crippen LogP contribution in [0, 0.1) is 0 Å². The van der Waals surface area contributed by atoms with Gasteiger partial charge in [-0.15, -0.1) is 0 Å². The van der Waals surface area contributed by atoms with E-state index >= 15 is 0 Å². The second kappa shape index (κ2) is 6.68. The Balaban J connectivity index is 2.15. The van der Waals surface area contributed by atoms with Crippen LogP contribution in [0.15, 0.2) is 46.9 Å². The van der Waals surface area contributed by atoms with Crippen LogP contribution in [-0.2, 0) is 4.79 Å². The van der Waals surface area contributed by atoms with E-state index in [1.54, 1.807) is 36.4 Å². The molecular formula is C19H17NO5. The van der Waals surface area contributed by atoms with Crippen molar-refractivity contribution in [2.75, 3.05) is 19.5 Å². The van der Waals surface area contributed by atoms with E-state index in [-0.39, 0.29) is 17.5 Å². The second-order valence-electron chi connectivity index (χ2n) is 5.38. The Bertz CT molecular complexity index is 958. The van der Waals surface area contributed by atoms with Crippen LogP contribution >= 0.6 is 0 Å². The molecule has 1 amide bonds.